The highest BCUT2D eigenvalue weighted by Crippen LogP contribution is 2.18. The maximum Gasteiger partial charge on any atom is 0.244 e. The first-order valence-electron chi connectivity index (χ1n) is 3.87. The predicted octanol–water partition coefficient (Wildman–Crippen LogP) is 1.59. The highest BCUT2D eigenvalue weighted by molar-refractivity contribution is 5.51. The van der Waals surface area contributed by atoms with E-state index in [0.717, 1.165) is 0 Å². The third-order valence-electron chi connectivity index (χ3n) is 1.76. The minimum Gasteiger partial charge on any atom is -0.303 e. The summed E-state index contributed by atoms with van der Waals surface area (Å²) in [6.45, 7) is 0. The number of hydrogen-bond donors (Lipinski definition) is 0. The van der Waals surface area contributed by atoms with E-state index in [1.807, 2.05) is 0 Å². The van der Waals surface area contributed by atoms with Gasteiger partial charge in [-0.3, -0.25) is 10.1 Å². The Kier molecular flexibility index (Phi) is 3.14. The molecule has 0 fully saturated rings. The number of aldehydes is 1. The summed E-state index contributed by atoms with van der Waals surface area (Å²) in [5.41, 5.74) is 0.569. The molecular formula is C9H9NO3. The van der Waals surface area contributed by atoms with Crippen LogP contribution in [0.5, 0.6) is 0 Å². The maximum absolute atomic E-state index is 10.5. The van der Waals surface area contributed by atoms with Crippen LogP contribution in [0.25, 0.3) is 0 Å². The molecule has 1 rings (SSSR count). The fourth-order valence-corrected chi connectivity index (χ4v) is 1.11. The molecule has 4 nitrogen and oxygen atoms in total. The zero-order chi connectivity index (χ0) is 9.68. The van der Waals surface area contributed by atoms with Crippen LogP contribution in [0.1, 0.15) is 18.0 Å². The van der Waals surface area contributed by atoms with Crippen molar-refractivity contribution in [2.24, 2.45) is 0 Å². The van der Waals surface area contributed by atoms with E-state index in [4.69, 9.17) is 0 Å². The van der Waals surface area contributed by atoms with Crippen molar-refractivity contribution in [3.63, 3.8) is 0 Å². The van der Waals surface area contributed by atoms with Gasteiger partial charge in [0.2, 0.25) is 6.04 Å². The maximum atomic E-state index is 10.5. The number of nitro groups is 1. The third-order valence-corrected chi connectivity index (χ3v) is 1.76. The molecule has 68 valence electrons. The van der Waals surface area contributed by atoms with Crippen molar-refractivity contribution in [3.05, 3.63) is 46.0 Å². The lowest BCUT2D eigenvalue weighted by Gasteiger charge is -2.05. The normalized spacial score (nSPS) is 12.0. The van der Waals surface area contributed by atoms with Crippen LogP contribution in [0.3, 0.4) is 0 Å². The van der Waals surface area contributed by atoms with Gasteiger partial charge in [0.15, 0.2) is 0 Å². The van der Waals surface area contributed by atoms with Crippen LogP contribution in [0, 0.1) is 10.1 Å². The van der Waals surface area contributed by atoms with Gasteiger partial charge in [0.25, 0.3) is 0 Å². The molecule has 0 saturated carbocycles. The lowest BCUT2D eigenvalue weighted by molar-refractivity contribution is -0.527. The second-order valence-corrected chi connectivity index (χ2v) is 2.61. The summed E-state index contributed by atoms with van der Waals surface area (Å²) < 4.78 is 0. The minimum atomic E-state index is -0.904. The van der Waals surface area contributed by atoms with Crippen molar-refractivity contribution in [1.29, 1.82) is 0 Å². The Morgan fingerprint density at radius 1 is 1.38 bits per heavy atom. The van der Waals surface area contributed by atoms with Crippen molar-refractivity contribution in [1.82, 2.24) is 0 Å². The molecule has 13 heavy (non-hydrogen) atoms. The Bertz CT molecular complexity index is 297. The molecule has 0 aromatic heterocycles. The smallest absolute Gasteiger partial charge is 0.244 e. The van der Waals surface area contributed by atoms with Gasteiger partial charge in [-0.2, -0.15) is 0 Å². The van der Waals surface area contributed by atoms with E-state index in [2.05, 4.69) is 0 Å². The molecule has 4 heteroatoms. The van der Waals surface area contributed by atoms with Crippen LogP contribution >= 0.6 is 0 Å². The highest BCUT2D eigenvalue weighted by atomic mass is 16.6. The minimum absolute atomic E-state index is 0.0724. The summed E-state index contributed by atoms with van der Waals surface area (Å²) in [6.07, 6.45) is 0.498. The second-order valence-electron chi connectivity index (χ2n) is 2.61. The molecule has 0 aliphatic rings. The van der Waals surface area contributed by atoms with Crippen molar-refractivity contribution < 1.29 is 9.72 Å². The highest BCUT2D eigenvalue weighted by Gasteiger charge is 2.21. The number of carbonyl (C=O) groups is 1. The Morgan fingerprint density at radius 3 is 2.46 bits per heavy atom. The Morgan fingerprint density at radius 2 is 2.00 bits per heavy atom. The van der Waals surface area contributed by atoms with E-state index >= 15 is 0 Å². The molecule has 0 N–H and O–H groups in total. The largest absolute Gasteiger partial charge is 0.303 e. The van der Waals surface area contributed by atoms with Gasteiger partial charge < -0.3 is 4.79 Å². The van der Waals surface area contributed by atoms with Gasteiger partial charge in [-0.1, -0.05) is 30.3 Å². The first-order valence-corrected chi connectivity index (χ1v) is 3.87. The van der Waals surface area contributed by atoms with Crippen molar-refractivity contribution >= 4 is 6.29 Å². The van der Waals surface area contributed by atoms with Crippen molar-refractivity contribution in [2.45, 2.75) is 12.5 Å². The van der Waals surface area contributed by atoms with Crippen LogP contribution in [-0.2, 0) is 4.79 Å². The lowest BCUT2D eigenvalue weighted by Crippen LogP contribution is -2.10. The van der Waals surface area contributed by atoms with Gasteiger partial charge in [0.1, 0.15) is 6.29 Å². The van der Waals surface area contributed by atoms with E-state index < -0.39 is 11.0 Å². The summed E-state index contributed by atoms with van der Waals surface area (Å²) >= 11 is 0. The summed E-state index contributed by atoms with van der Waals surface area (Å²) in [6, 6.07) is 7.61. The summed E-state index contributed by atoms with van der Waals surface area (Å²) in [4.78, 5) is 20.3. The molecule has 0 aliphatic heterocycles. The molecule has 0 bridgehead atoms. The standard InChI is InChI=1S/C9H9NO3/c11-7-6-9(10(12)13)8-4-2-1-3-5-8/h1-5,7,9H,6H2. The Hall–Kier alpha value is -1.71. The molecule has 0 radical (unpaired) electrons. The van der Waals surface area contributed by atoms with Gasteiger partial charge in [-0.25, -0.2) is 0 Å². The lowest BCUT2D eigenvalue weighted by atomic mass is 10.1. The predicted molar refractivity (Wildman–Crippen MR) is 46.9 cm³/mol. The number of carbonyl (C=O) groups excluding carboxylic acids is 1. The number of benzene rings is 1. The molecule has 0 heterocycles. The average molecular weight is 179 g/mol. The van der Waals surface area contributed by atoms with E-state index in [-0.39, 0.29) is 6.42 Å². The van der Waals surface area contributed by atoms with Gasteiger partial charge >= 0.3 is 0 Å². The second kappa shape index (κ2) is 4.35. The molecule has 1 aromatic carbocycles. The van der Waals surface area contributed by atoms with E-state index in [9.17, 15) is 14.9 Å². The molecule has 1 aromatic rings. The zero-order valence-corrected chi connectivity index (χ0v) is 6.92. The molecular weight excluding hydrogens is 170 g/mol. The quantitative estimate of drug-likeness (QED) is 0.400. The molecule has 0 spiro atoms. The van der Waals surface area contributed by atoms with Crippen molar-refractivity contribution in [2.75, 3.05) is 0 Å². The summed E-state index contributed by atoms with van der Waals surface area (Å²) in [5.74, 6) is 0. The van der Waals surface area contributed by atoms with Crippen LogP contribution in [0.4, 0.5) is 0 Å². The van der Waals surface area contributed by atoms with Crippen LogP contribution in [0.15, 0.2) is 30.3 Å². The molecule has 1 atom stereocenters. The topological polar surface area (TPSA) is 60.2 Å². The molecule has 1 unspecified atom stereocenters. The zero-order valence-electron chi connectivity index (χ0n) is 6.92. The van der Waals surface area contributed by atoms with Gasteiger partial charge in [-0.05, 0) is 0 Å². The van der Waals surface area contributed by atoms with Gasteiger partial charge in [-0.15, -0.1) is 0 Å². The van der Waals surface area contributed by atoms with Crippen LogP contribution in [-0.4, -0.2) is 11.2 Å². The van der Waals surface area contributed by atoms with Crippen molar-refractivity contribution in [3.8, 4) is 0 Å². The first-order chi connectivity index (χ1) is 6.25. The third kappa shape index (κ3) is 2.37. The number of rotatable bonds is 4. The van der Waals surface area contributed by atoms with E-state index in [1.165, 1.54) is 0 Å². The fraction of sp³-hybridized carbons (Fsp3) is 0.222. The summed E-state index contributed by atoms with van der Waals surface area (Å²) in [7, 11) is 0. The number of hydrogen-bond acceptors (Lipinski definition) is 3. The average Bonchev–Trinajstić information content (AvgIpc) is 2.15. The SMILES string of the molecule is O=CCC(c1ccccc1)[N+](=O)[O-]. The first kappa shape index (κ1) is 9.38. The van der Waals surface area contributed by atoms with E-state index in [1.54, 1.807) is 30.3 Å². The Balaban J connectivity index is 2.88. The Labute approximate surface area is 75.3 Å². The molecule has 0 amide bonds. The van der Waals surface area contributed by atoms with Gasteiger partial charge in [0.05, 0.1) is 6.42 Å². The molecule has 0 saturated heterocycles. The van der Waals surface area contributed by atoms with Gasteiger partial charge in [0, 0.05) is 10.5 Å². The summed E-state index contributed by atoms with van der Waals surface area (Å²) in [5, 5.41) is 10.5. The van der Waals surface area contributed by atoms with Crippen LogP contribution in [0.2, 0.25) is 0 Å². The monoisotopic (exact) mass is 179 g/mol. The molecule has 0 aliphatic carbocycles. The number of nitrogens with zero attached hydrogens (tertiary/aromatic N) is 1. The van der Waals surface area contributed by atoms with Crippen LogP contribution < -0.4 is 0 Å². The van der Waals surface area contributed by atoms with E-state index in [0.29, 0.717) is 11.8 Å². The fourth-order valence-electron chi connectivity index (χ4n) is 1.11.